The van der Waals surface area contributed by atoms with E-state index in [1.165, 1.54) is 29.2 Å². The number of rotatable bonds is 5. The summed E-state index contributed by atoms with van der Waals surface area (Å²) in [6.07, 6.45) is 1.59. The SMILES string of the molecule is Cc1ccnc(NC(=O)c2ccc(Sc3nc(C)cs3)c([N+](=O)[O-])c2)c1. The molecule has 1 amide bonds. The molecule has 0 aliphatic heterocycles. The molecule has 1 aromatic carbocycles. The number of amides is 1. The van der Waals surface area contributed by atoms with Crippen LogP contribution >= 0.6 is 23.1 Å². The fourth-order valence-electron chi connectivity index (χ4n) is 2.15. The summed E-state index contributed by atoms with van der Waals surface area (Å²) in [4.78, 5) is 32.1. The van der Waals surface area contributed by atoms with E-state index in [-0.39, 0.29) is 11.3 Å². The summed E-state index contributed by atoms with van der Waals surface area (Å²) in [5, 5.41) is 16.0. The van der Waals surface area contributed by atoms with Crippen molar-refractivity contribution in [2.75, 3.05) is 5.32 Å². The number of pyridine rings is 1. The van der Waals surface area contributed by atoms with E-state index in [0.717, 1.165) is 11.3 Å². The minimum absolute atomic E-state index is 0.132. The van der Waals surface area contributed by atoms with Gasteiger partial charge < -0.3 is 5.32 Å². The Morgan fingerprint density at radius 3 is 2.73 bits per heavy atom. The zero-order chi connectivity index (χ0) is 18.7. The number of nitrogens with zero attached hydrogens (tertiary/aromatic N) is 3. The van der Waals surface area contributed by atoms with Gasteiger partial charge in [-0.25, -0.2) is 9.97 Å². The molecule has 3 aromatic rings. The predicted molar refractivity (Wildman–Crippen MR) is 101 cm³/mol. The molecule has 0 radical (unpaired) electrons. The van der Waals surface area contributed by atoms with Crippen LogP contribution in [0.5, 0.6) is 0 Å². The number of thiazole rings is 1. The van der Waals surface area contributed by atoms with Crippen LogP contribution in [0.1, 0.15) is 21.6 Å². The quantitative estimate of drug-likeness (QED) is 0.513. The van der Waals surface area contributed by atoms with Crippen LogP contribution in [-0.2, 0) is 0 Å². The largest absolute Gasteiger partial charge is 0.307 e. The molecule has 0 aliphatic carbocycles. The monoisotopic (exact) mass is 386 g/mol. The smallest absolute Gasteiger partial charge is 0.284 e. The van der Waals surface area contributed by atoms with Crippen LogP contribution in [0.15, 0.2) is 51.1 Å². The highest BCUT2D eigenvalue weighted by atomic mass is 32.2. The van der Waals surface area contributed by atoms with Gasteiger partial charge >= 0.3 is 0 Å². The number of carbonyl (C=O) groups is 1. The number of nitro benzene ring substituents is 1. The number of nitrogens with one attached hydrogen (secondary N) is 1. The van der Waals surface area contributed by atoms with Crippen molar-refractivity contribution in [3.63, 3.8) is 0 Å². The Morgan fingerprint density at radius 2 is 2.08 bits per heavy atom. The van der Waals surface area contributed by atoms with E-state index < -0.39 is 10.8 Å². The van der Waals surface area contributed by atoms with Crippen molar-refractivity contribution in [3.8, 4) is 0 Å². The molecule has 2 heterocycles. The molecule has 0 saturated heterocycles. The Labute approximate surface area is 157 Å². The van der Waals surface area contributed by atoms with Crippen molar-refractivity contribution < 1.29 is 9.72 Å². The fourth-order valence-corrected chi connectivity index (χ4v) is 4.03. The molecule has 9 heteroatoms. The summed E-state index contributed by atoms with van der Waals surface area (Å²) < 4.78 is 0.715. The van der Waals surface area contributed by atoms with Crippen LogP contribution < -0.4 is 5.32 Å². The van der Waals surface area contributed by atoms with Crippen molar-refractivity contribution in [2.24, 2.45) is 0 Å². The van der Waals surface area contributed by atoms with Crippen molar-refractivity contribution in [2.45, 2.75) is 23.1 Å². The van der Waals surface area contributed by atoms with E-state index in [4.69, 9.17) is 0 Å². The average Bonchev–Trinajstić information content (AvgIpc) is 3.00. The zero-order valence-electron chi connectivity index (χ0n) is 13.9. The molecule has 0 aliphatic rings. The van der Waals surface area contributed by atoms with Gasteiger partial charge in [-0.15, -0.1) is 11.3 Å². The van der Waals surface area contributed by atoms with Crippen LogP contribution in [0.3, 0.4) is 0 Å². The molecule has 26 heavy (non-hydrogen) atoms. The van der Waals surface area contributed by atoms with Crippen LogP contribution in [0.2, 0.25) is 0 Å². The molecule has 132 valence electrons. The van der Waals surface area contributed by atoms with Gasteiger partial charge in [0.05, 0.1) is 9.82 Å². The Morgan fingerprint density at radius 1 is 1.27 bits per heavy atom. The molecule has 3 rings (SSSR count). The number of aryl methyl sites for hydroxylation is 2. The lowest BCUT2D eigenvalue weighted by molar-refractivity contribution is -0.387. The van der Waals surface area contributed by atoms with Crippen molar-refractivity contribution in [1.29, 1.82) is 0 Å². The maximum Gasteiger partial charge on any atom is 0.284 e. The molecule has 0 bridgehead atoms. The molecule has 7 nitrogen and oxygen atoms in total. The number of anilines is 1. The van der Waals surface area contributed by atoms with E-state index >= 15 is 0 Å². The molecule has 0 saturated carbocycles. The summed E-state index contributed by atoms with van der Waals surface area (Å²) in [6, 6.07) is 7.93. The first-order chi connectivity index (χ1) is 12.4. The third-order valence-corrected chi connectivity index (χ3v) is 5.49. The van der Waals surface area contributed by atoms with Crippen LogP contribution in [0.4, 0.5) is 11.5 Å². The van der Waals surface area contributed by atoms with Gasteiger partial charge in [-0.05, 0) is 43.7 Å². The lowest BCUT2D eigenvalue weighted by Gasteiger charge is -2.06. The second-order valence-corrected chi connectivity index (χ2v) is 7.62. The van der Waals surface area contributed by atoms with Crippen LogP contribution in [0, 0.1) is 24.0 Å². The minimum atomic E-state index is -0.496. The first-order valence-corrected chi connectivity index (χ1v) is 9.24. The van der Waals surface area contributed by atoms with E-state index in [1.807, 2.05) is 25.3 Å². The van der Waals surface area contributed by atoms with Crippen LogP contribution in [-0.4, -0.2) is 20.8 Å². The third-order valence-electron chi connectivity index (χ3n) is 3.37. The maximum absolute atomic E-state index is 12.4. The molecule has 0 spiro atoms. The Kier molecular flexibility index (Phi) is 5.29. The lowest BCUT2D eigenvalue weighted by Crippen LogP contribution is -2.13. The van der Waals surface area contributed by atoms with Gasteiger partial charge in [0.1, 0.15) is 5.82 Å². The highest BCUT2D eigenvalue weighted by molar-refractivity contribution is 8.01. The molecular weight excluding hydrogens is 372 g/mol. The number of nitro groups is 1. The topological polar surface area (TPSA) is 98.0 Å². The number of benzene rings is 1. The summed E-state index contributed by atoms with van der Waals surface area (Å²) >= 11 is 2.63. The first kappa shape index (κ1) is 18.0. The number of aromatic nitrogens is 2. The van der Waals surface area contributed by atoms with E-state index in [1.54, 1.807) is 24.4 Å². The van der Waals surface area contributed by atoms with Crippen molar-refractivity contribution in [3.05, 3.63) is 68.8 Å². The normalized spacial score (nSPS) is 10.5. The Hall–Kier alpha value is -2.78. The standard InChI is InChI=1S/C17H14N4O3S2/c1-10-5-6-18-15(7-10)20-16(22)12-3-4-14(13(8-12)21(23)24)26-17-19-11(2)9-25-17/h3-9H,1-2H3,(H,18,20,22). The maximum atomic E-state index is 12.4. The van der Waals surface area contributed by atoms with Gasteiger partial charge in [0.2, 0.25) is 0 Å². The molecule has 0 fully saturated rings. The summed E-state index contributed by atoms with van der Waals surface area (Å²) in [7, 11) is 0. The van der Waals surface area contributed by atoms with Gasteiger partial charge in [0.15, 0.2) is 4.34 Å². The molecule has 0 atom stereocenters. The molecule has 0 unspecified atom stereocenters. The first-order valence-electron chi connectivity index (χ1n) is 7.55. The molecular formula is C17H14N4O3S2. The lowest BCUT2D eigenvalue weighted by atomic mass is 10.2. The van der Waals surface area contributed by atoms with E-state index in [0.29, 0.717) is 15.1 Å². The van der Waals surface area contributed by atoms with Crippen molar-refractivity contribution in [1.82, 2.24) is 9.97 Å². The number of hydrogen-bond donors (Lipinski definition) is 1. The Bertz CT molecular complexity index is 988. The number of hydrogen-bond acceptors (Lipinski definition) is 7. The van der Waals surface area contributed by atoms with Gasteiger partial charge in [-0.1, -0.05) is 11.8 Å². The van der Waals surface area contributed by atoms with Gasteiger partial charge in [0.25, 0.3) is 11.6 Å². The van der Waals surface area contributed by atoms with E-state index in [2.05, 4.69) is 15.3 Å². The summed E-state index contributed by atoms with van der Waals surface area (Å²) in [5.41, 5.74) is 1.88. The molecule has 2 aromatic heterocycles. The third kappa shape index (κ3) is 4.24. The van der Waals surface area contributed by atoms with Crippen molar-refractivity contribution >= 4 is 40.5 Å². The highest BCUT2D eigenvalue weighted by Gasteiger charge is 2.19. The van der Waals surface area contributed by atoms with Gasteiger partial charge in [-0.3, -0.25) is 14.9 Å². The zero-order valence-corrected chi connectivity index (χ0v) is 15.6. The predicted octanol–water partition coefficient (Wildman–Crippen LogP) is 4.47. The highest BCUT2D eigenvalue weighted by Crippen LogP contribution is 2.36. The minimum Gasteiger partial charge on any atom is -0.307 e. The summed E-state index contributed by atoms with van der Waals surface area (Å²) in [5.74, 6) is -0.0535. The van der Waals surface area contributed by atoms with Crippen LogP contribution in [0.25, 0.3) is 0 Å². The molecule has 1 N–H and O–H groups in total. The average molecular weight is 386 g/mol. The Balaban J connectivity index is 1.85. The van der Waals surface area contributed by atoms with Gasteiger partial charge in [0, 0.05) is 28.9 Å². The van der Waals surface area contributed by atoms with Gasteiger partial charge in [-0.2, -0.15) is 0 Å². The number of carbonyl (C=O) groups excluding carboxylic acids is 1. The fraction of sp³-hybridized carbons (Fsp3) is 0.118. The summed E-state index contributed by atoms with van der Waals surface area (Å²) in [6.45, 7) is 3.75. The second-order valence-electron chi connectivity index (χ2n) is 5.47. The second kappa shape index (κ2) is 7.63. The van der Waals surface area contributed by atoms with E-state index in [9.17, 15) is 14.9 Å².